The molecular weight excluding hydrogens is 330 g/mol. The summed E-state index contributed by atoms with van der Waals surface area (Å²) < 4.78 is 13.5. The Morgan fingerprint density at radius 1 is 1.36 bits per heavy atom. The molecule has 4 N–H and O–H groups in total. The van der Waals surface area contributed by atoms with E-state index in [9.17, 15) is 9.18 Å². The first kappa shape index (κ1) is 20.6. The summed E-state index contributed by atoms with van der Waals surface area (Å²) in [5.41, 5.74) is 6.87. The number of nitrogens with one attached hydrogen (secondary N) is 2. The van der Waals surface area contributed by atoms with Crippen molar-refractivity contribution >= 4 is 41.8 Å². The first-order valence-electron chi connectivity index (χ1n) is 6.69. The maximum Gasteiger partial charge on any atom is 0.253 e. The number of carbonyl (C=O) groups excluding carboxylic acids is 1. The molecule has 1 amide bonds. The van der Waals surface area contributed by atoms with Crippen LogP contribution in [-0.2, 0) is 0 Å². The van der Waals surface area contributed by atoms with Crippen molar-refractivity contribution < 1.29 is 9.18 Å². The van der Waals surface area contributed by atoms with Gasteiger partial charge in [0, 0.05) is 12.1 Å². The molecule has 0 aliphatic heterocycles. The number of rotatable bonds is 5. The minimum Gasteiger partial charge on any atom is -0.350 e. The van der Waals surface area contributed by atoms with Gasteiger partial charge in [-0.15, -0.1) is 24.8 Å². The number of benzene rings is 1. The van der Waals surface area contributed by atoms with Crippen LogP contribution in [0.25, 0.3) is 11.0 Å². The summed E-state index contributed by atoms with van der Waals surface area (Å²) in [4.78, 5) is 19.0. The lowest BCUT2D eigenvalue weighted by atomic mass is 9.94. The molecule has 0 spiro atoms. The lowest BCUT2D eigenvalue weighted by Gasteiger charge is -2.26. The summed E-state index contributed by atoms with van der Waals surface area (Å²) in [5.74, 6) is -0.838. The number of aromatic nitrogens is 2. The van der Waals surface area contributed by atoms with Crippen molar-refractivity contribution in [1.29, 1.82) is 0 Å². The van der Waals surface area contributed by atoms with Crippen molar-refractivity contribution in [3.8, 4) is 0 Å². The maximum absolute atomic E-state index is 13.5. The molecule has 8 heteroatoms. The molecule has 0 atom stereocenters. The number of imidazole rings is 1. The topological polar surface area (TPSA) is 83.8 Å². The van der Waals surface area contributed by atoms with Gasteiger partial charge in [-0.1, -0.05) is 13.8 Å². The Labute approximate surface area is 141 Å². The summed E-state index contributed by atoms with van der Waals surface area (Å²) in [6.45, 7) is 4.30. The van der Waals surface area contributed by atoms with E-state index >= 15 is 0 Å². The monoisotopic (exact) mass is 350 g/mol. The molecule has 0 aliphatic rings. The minimum absolute atomic E-state index is 0. The standard InChI is InChI=1S/C14H19FN4O.2ClH/c1-3-14(16,4-2)7-17-13(20)10-5-9(15)6-11-12(10)19-8-18-11;;/h5-6,8H,3-4,7,16H2,1-2H3,(H,17,20)(H,18,19);2*1H. The first-order chi connectivity index (χ1) is 9.49. The molecule has 0 saturated heterocycles. The molecule has 0 saturated carbocycles. The number of hydrogen-bond donors (Lipinski definition) is 3. The van der Waals surface area contributed by atoms with E-state index in [-0.39, 0.29) is 36.3 Å². The Kier molecular flexibility index (Phi) is 7.79. The third-order valence-electron chi connectivity index (χ3n) is 3.74. The molecule has 0 bridgehead atoms. The lowest BCUT2D eigenvalue weighted by molar-refractivity contribution is 0.0943. The maximum atomic E-state index is 13.5. The third-order valence-corrected chi connectivity index (χ3v) is 3.74. The Balaban J connectivity index is 0.00000220. The van der Waals surface area contributed by atoms with Gasteiger partial charge in [-0.2, -0.15) is 0 Å². The lowest BCUT2D eigenvalue weighted by Crippen LogP contribution is -2.49. The molecule has 2 aromatic rings. The van der Waals surface area contributed by atoms with Gasteiger partial charge in [-0.25, -0.2) is 9.37 Å². The summed E-state index contributed by atoms with van der Waals surface area (Å²) >= 11 is 0. The van der Waals surface area contributed by atoms with E-state index in [1.807, 2.05) is 13.8 Å². The molecule has 0 aliphatic carbocycles. The molecule has 0 unspecified atom stereocenters. The van der Waals surface area contributed by atoms with E-state index in [1.165, 1.54) is 18.5 Å². The zero-order valence-corrected chi connectivity index (χ0v) is 14.1. The van der Waals surface area contributed by atoms with Crippen LogP contribution in [0, 0.1) is 5.82 Å². The predicted molar refractivity (Wildman–Crippen MR) is 90.4 cm³/mol. The highest BCUT2D eigenvalue weighted by atomic mass is 35.5. The molecule has 124 valence electrons. The van der Waals surface area contributed by atoms with E-state index in [1.54, 1.807) is 0 Å². The zero-order valence-electron chi connectivity index (χ0n) is 12.5. The van der Waals surface area contributed by atoms with E-state index in [4.69, 9.17) is 5.73 Å². The predicted octanol–water partition coefficient (Wildman–Crippen LogP) is 2.79. The molecule has 0 radical (unpaired) electrons. The number of aromatic amines is 1. The molecule has 5 nitrogen and oxygen atoms in total. The molecular formula is C14H21Cl2FN4O. The first-order valence-corrected chi connectivity index (χ1v) is 6.69. The Bertz CT molecular complexity index is 628. The second kappa shape index (κ2) is 8.31. The largest absolute Gasteiger partial charge is 0.350 e. The second-order valence-corrected chi connectivity index (χ2v) is 5.00. The summed E-state index contributed by atoms with van der Waals surface area (Å²) in [6, 6.07) is 2.50. The van der Waals surface area contributed by atoms with E-state index < -0.39 is 11.4 Å². The second-order valence-electron chi connectivity index (χ2n) is 5.00. The van der Waals surface area contributed by atoms with E-state index in [2.05, 4.69) is 15.3 Å². The number of amides is 1. The van der Waals surface area contributed by atoms with Crippen LogP contribution < -0.4 is 11.1 Å². The third kappa shape index (κ3) is 4.32. The summed E-state index contributed by atoms with van der Waals surface area (Å²) in [7, 11) is 0. The van der Waals surface area contributed by atoms with Crippen molar-refractivity contribution in [3.63, 3.8) is 0 Å². The highest BCUT2D eigenvalue weighted by Crippen LogP contribution is 2.17. The van der Waals surface area contributed by atoms with Crippen LogP contribution >= 0.6 is 24.8 Å². The number of nitrogens with two attached hydrogens (primary N) is 1. The summed E-state index contributed by atoms with van der Waals surface area (Å²) in [6.07, 6.45) is 2.95. The fourth-order valence-corrected chi connectivity index (χ4v) is 2.04. The molecule has 22 heavy (non-hydrogen) atoms. The Morgan fingerprint density at radius 3 is 2.59 bits per heavy atom. The molecule has 1 heterocycles. The van der Waals surface area contributed by atoms with Crippen molar-refractivity contribution in [2.24, 2.45) is 5.73 Å². The molecule has 1 aromatic carbocycles. The fraction of sp³-hybridized carbons (Fsp3) is 0.429. The van der Waals surface area contributed by atoms with Crippen molar-refractivity contribution in [1.82, 2.24) is 15.3 Å². The smallest absolute Gasteiger partial charge is 0.253 e. The van der Waals surface area contributed by atoms with Crippen LogP contribution in [0.3, 0.4) is 0 Å². The van der Waals surface area contributed by atoms with Crippen LogP contribution in [0.2, 0.25) is 0 Å². The quantitative estimate of drug-likeness (QED) is 0.775. The van der Waals surface area contributed by atoms with Gasteiger partial charge < -0.3 is 16.0 Å². The Hall–Kier alpha value is -1.37. The van der Waals surface area contributed by atoms with Gasteiger partial charge >= 0.3 is 0 Å². The van der Waals surface area contributed by atoms with Crippen molar-refractivity contribution in [3.05, 3.63) is 29.8 Å². The highest BCUT2D eigenvalue weighted by Gasteiger charge is 2.22. The summed E-state index contributed by atoms with van der Waals surface area (Å²) in [5, 5.41) is 2.77. The average Bonchev–Trinajstić information content (AvgIpc) is 2.91. The van der Waals surface area contributed by atoms with Crippen LogP contribution in [-0.4, -0.2) is 28.0 Å². The van der Waals surface area contributed by atoms with Gasteiger partial charge in [-0.3, -0.25) is 4.79 Å². The average molecular weight is 351 g/mol. The molecule has 2 rings (SSSR count). The SMILES string of the molecule is CCC(N)(CC)CNC(=O)c1cc(F)cc2[nH]cnc12.Cl.Cl. The highest BCUT2D eigenvalue weighted by molar-refractivity contribution is 6.04. The van der Waals surface area contributed by atoms with Crippen LogP contribution in [0.15, 0.2) is 18.5 Å². The van der Waals surface area contributed by atoms with Crippen molar-refractivity contribution in [2.75, 3.05) is 6.54 Å². The number of carbonyl (C=O) groups is 1. The number of H-pyrrole nitrogens is 1. The number of nitrogens with zero attached hydrogens (tertiary/aromatic N) is 1. The van der Waals surface area contributed by atoms with Crippen LogP contribution in [0.1, 0.15) is 37.0 Å². The van der Waals surface area contributed by atoms with Crippen molar-refractivity contribution in [2.45, 2.75) is 32.2 Å². The molecule has 1 aromatic heterocycles. The van der Waals surface area contributed by atoms with Gasteiger partial charge in [0.2, 0.25) is 0 Å². The number of fused-ring (bicyclic) bond motifs is 1. The van der Waals surface area contributed by atoms with Gasteiger partial charge in [-0.05, 0) is 25.0 Å². The Morgan fingerprint density at radius 2 is 2.00 bits per heavy atom. The van der Waals surface area contributed by atoms with Crippen LogP contribution in [0.4, 0.5) is 4.39 Å². The molecule has 0 fully saturated rings. The van der Waals surface area contributed by atoms with E-state index in [0.29, 0.717) is 17.6 Å². The van der Waals surface area contributed by atoms with Gasteiger partial charge in [0.25, 0.3) is 5.91 Å². The van der Waals surface area contributed by atoms with Crippen LogP contribution in [0.5, 0.6) is 0 Å². The van der Waals surface area contributed by atoms with Gasteiger partial charge in [0.15, 0.2) is 0 Å². The minimum atomic E-state index is -0.475. The number of halogens is 3. The van der Waals surface area contributed by atoms with Gasteiger partial charge in [0.1, 0.15) is 11.3 Å². The number of hydrogen-bond acceptors (Lipinski definition) is 3. The normalized spacial score (nSPS) is 10.7. The van der Waals surface area contributed by atoms with Gasteiger partial charge in [0.05, 0.1) is 17.4 Å². The zero-order chi connectivity index (χ0) is 14.8. The van der Waals surface area contributed by atoms with E-state index in [0.717, 1.165) is 12.8 Å². The fourth-order valence-electron chi connectivity index (χ4n) is 2.04.